The highest BCUT2D eigenvalue weighted by Gasteiger charge is 2.40. The minimum absolute atomic E-state index is 0.107. The maximum atomic E-state index is 12.3. The molecule has 0 aliphatic carbocycles. The van der Waals surface area contributed by atoms with E-state index in [4.69, 9.17) is 9.47 Å². The maximum Gasteiger partial charge on any atom is 0.415 e. The number of ether oxygens (including phenoxy) is 2. The number of amides is 1. The molecule has 1 aromatic rings. The van der Waals surface area contributed by atoms with Gasteiger partial charge in [0.25, 0.3) is 0 Å². The Morgan fingerprint density at radius 1 is 1.30 bits per heavy atom. The molecular formula is C15H19NO4. The molecule has 0 saturated carbocycles. The highest BCUT2D eigenvalue weighted by Crippen LogP contribution is 2.35. The van der Waals surface area contributed by atoms with Crippen molar-refractivity contribution >= 4 is 17.6 Å². The zero-order valence-electron chi connectivity index (χ0n) is 12.4. The molecule has 108 valence electrons. The van der Waals surface area contributed by atoms with E-state index in [0.29, 0.717) is 17.0 Å². The van der Waals surface area contributed by atoms with Crippen molar-refractivity contribution in [1.82, 2.24) is 0 Å². The second-order valence-corrected chi connectivity index (χ2v) is 5.77. The lowest BCUT2D eigenvalue weighted by molar-refractivity contribution is 0.0564. The number of hydrogen-bond donors (Lipinski definition) is 0. The fourth-order valence-electron chi connectivity index (χ4n) is 2.17. The molecule has 0 fully saturated rings. The predicted molar refractivity (Wildman–Crippen MR) is 75.5 cm³/mol. The first-order chi connectivity index (χ1) is 9.24. The molecule has 0 saturated heterocycles. The second kappa shape index (κ2) is 4.81. The number of benzene rings is 1. The lowest BCUT2D eigenvalue weighted by atomic mass is 10.1. The number of nitrogens with zero attached hydrogens (tertiary/aromatic N) is 1. The summed E-state index contributed by atoms with van der Waals surface area (Å²) < 4.78 is 10.5. The largest absolute Gasteiger partial charge is 0.497 e. The highest BCUT2D eigenvalue weighted by atomic mass is 16.6. The van der Waals surface area contributed by atoms with Gasteiger partial charge in [0.15, 0.2) is 5.78 Å². The van der Waals surface area contributed by atoms with E-state index in [-0.39, 0.29) is 5.78 Å². The van der Waals surface area contributed by atoms with E-state index < -0.39 is 17.7 Å². The number of carbonyl (C=O) groups excluding carboxylic acids is 2. The third kappa shape index (κ3) is 2.48. The van der Waals surface area contributed by atoms with Crippen LogP contribution >= 0.6 is 0 Å². The smallest absolute Gasteiger partial charge is 0.415 e. The Morgan fingerprint density at radius 3 is 2.50 bits per heavy atom. The SMILES string of the molecule is COc1ccc2c(c1)C(=O)C(C)N2C(=O)OC(C)(C)C. The van der Waals surface area contributed by atoms with Crippen molar-refractivity contribution in [3.63, 3.8) is 0 Å². The minimum atomic E-state index is -0.602. The zero-order chi connectivity index (χ0) is 15.1. The van der Waals surface area contributed by atoms with Gasteiger partial charge in [0.05, 0.1) is 12.8 Å². The van der Waals surface area contributed by atoms with E-state index in [1.54, 1.807) is 45.9 Å². The summed E-state index contributed by atoms with van der Waals surface area (Å²) in [4.78, 5) is 25.9. The van der Waals surface area contributed by atoms with Crippen LogP contribution in [0.25, 0.3) is 0 Å². The molecule has 0 bridgehead atoms. The average Bonchev–Trinajstić information content (AvgIpc) is 2.59. The first kappa shape index (κ1) is 14.4. The Kier molecular flexibility index (Phi) is 3.46. The quantitative estimate of drug-likeness (QED) is 0.791. The van der Waals surface area contributed by atoms with Crippen LogP contribution in [0.2, 0.25) is 0 Å². The van der Waals surface area contributed by atoms with E-state index >= 15 is 0 Å². The second-order valence-electron chi connectivity index (χ2n) is 5.77. The van der Waals surface area contributed by atoms with E-state index in [1.807, 2.05) is 0 Å². The van der Waals surface area contributed by atoms with Gasteiger partial charge in [-0.05, 0) is 45.9 Å². The van der Waals surface area contributed by atoms with Crippen molar-refractivity contribution in [3.05, 3.63) is 23.8 Å². The molecule has 1 atom stereocenters. The summed E-state index contributed by atoms with van der Waals surface area (Å²) in [5, 5.41) is 0. The van der Waals surface area contributed by atoms with Gasteiger partial charge in [-0.15, -0.1) is 0 Å². The van der Waals surface area contributed by atoms with Gasteiger partial charge in [-0.25, -0.2) is 4.79 Å². The first-order valence-electron chi connectivity index (χ1n) is 6.49. The summed E-state index contributed by atoms with van der Waals surface area (Å²) >= 11 is 0. The molecule has 5 heteroatoms. The summed E-state index contributed by atoms with van der Waals surface area (Å²) in [6.45, 7) is 7.08. The van der Waals surface area contributed by atoms with Crippen LogP contribution < -0.4 is 9.64 Å². The van der Waals surface area contributed by atoms with Crippen molar-refractivity contribution < 1.29 is 19.1 Å². The van der Waals surface area contributed by atoms with Crippen molar-refractivity contribution in [2.24, 2.45) is 0 Å². The van der Waals surface area contributed by atoms with Gasteiger partial charge >= 0.3 is 6.09 Å². The average molecular weight is 277 g/mol. The van der Waals surface area contributed by atoms with Crippen LogP contribution in [0.3, 0.4) is 0 Å². The molecule has 1 unspecified atom stereocenters. The molecule has 0 aromatic heterocycles. The lowest BCUT2D eigenvalue weighted by Crippen LogP contribution is -2.41. The summed E-state index contributed by atoms with van der Waals surface area (Å²) in [7, 11) is 1.54. The van der Waals surface area contributed by atoms with E-state index in [2.05, 4.69) is 0 Å². The monoisotopic (exact) mass is 277 g/mol. The number of Topliss-reactive ketones (excluding diaryl/α,β-unsaturated/α-hetero) is 1. The molecule has 1 aliphatic rings. The molecular weight excluding hydrogens is 258 g/mol. The summed E-state index contributed by atoms with van der Waals surface area (Å²) in [6.07, 6.45) is -0.512. The van der Waals surface area contributed by atoms with Crippen LogP contribution in [-0.4, -0.2) is 30.6 Å². The van der Waals surface area contributed by atoms with Gasteiger partial charge in [-0.3, -0.25) is 9.69 Å². The van der Waals surface area contributed by atoms with Crippen molar-refractivity contribution in [2.45, 2.75) is 39.3 Å². The standard InChI is InChI=1S/C15H19NO4/c1-9-13(17)11-8-10(19-5)6-7-12(11)16(9)14(18)20-15(2,3)4/h6-9H,1-5H3. The molecule has 1 heterocycles. The number of methoxy groups -OCH3 is 1. The predicted octanol–water partition coefficient (Wildman–Crippen LogP) is 3.02. The summed E-state index contributed by atoms with van der Waals surface area (Å²) in [5.41, 5.74) is 0.454. The zero-order valence-corrected chi connectivity index (χ0v) is 12.4. The molecule has 1 aliphatic heterocycles. The van der Waals surface area contributed by atoms with Crippen molar-refractivity contribution in [3.8, 4) is 5.75 Å². The van der Waals surface area contributed by atoms with Crippen LogP contribution in [-0.2, 0) is 4.74 Å². The molecule has 0 N–H and O–H groups in total. The third-order valence-corrected chi connectivity index (χ3v) is 3.09. The normalized spacial score (nSPS) is 17.9. The third-order valence-electron chi connectivity index (χ3n) is 3.09. The molecule has 20 heavy (non-hydrogen) atoms. The molecule has 0 spiro atoms. The Hall–Kier alpha value is -2.04. The van der Waals surface area contributed by atoms with Gasteiger partial charge in [-0.1, -0.05) is 0 Å². The molecule has 5 nitrogen and oxygen atoms in total. The van der Waals surface area contributed by atoms with E-state index in [9.17, 15) is 9.59 Å². The molecule has 2 rings (SSSR count). The number of hydrogen-bond acceptors (Lipinski definition) is 4. The van der Waals surface area contributed by atoms with Crippen LogP contribution in [0.15, 0.2) is 18.2 Å². The lowest BCUT2D eigenvalue weighted by Gasteiger charge is -2.26. The number of rotatable bonds is 1. The van der Waals surface area contributed by atoms with Crippen molar-refractivity contribution in [1.29, 1.82) is 0 Å². The number of ketones is 1. The fourth-order valence-corrected chi connectivity index (χ4v) is 2.17. The van der Waals surface area contributed by atoms with Gasteiger partial charge in [0, 0.05) is 5.56 Å². The molecule has 0 radical (unpaired) electrons. The van der Waals surface area contributed by atoms with Gasteiger partial charge in [0.2, 0.25) is 0 Å². The maximum absolute atomic E-state index is 12.3. The number of anilines is 1. The minimum Gasteiger partial charge on any atom is -0.497 e. The van der Waals surface area contributed by atoms with Gasteiger partial charge in [0.1, 0.15) is 17.4 Å². The van der Waals surface area contributed by atoms with E-state index in [0.717, 1.165) is 0 Å². The Balaban J connectivity index is 2.38. The van der Waals surface area contributed by atoms with Crippen LogP contribution in [0.4, 0.5) is 10.5 Å². The highest BCUT2D eigenvalue weighted by molar-refractivity contribution is 6.16. The summed E-state index contributed by atoms with van der Waals surface area (Å²) in [5.74, 6) is 0.486. The van der Waals surface area contributed by atoms with Gasteiger partial charge < -0.3 is 9.47 Å². The van der Waals surface area contributed by atoms with Crippen LogP contribution in [0, 0.1) is 0 Å². The van der Waals surface area contributed by atoms with Crippen LogP contribution in [0.5, 0.6) is 5.75 Å². The topological polar surface area (TPSA) is 55.8 Å². The Bertz CT molecular complexity index is 559. The number of carbonyl (C=O) groups is 2. The van der Waals surface area contributed by atoms with Crippen molar-refractivity contribution in [2.75, 3.05) is 12.0 Å². The Morgan fingerprint density at radius 2 is 1.95 bits per heavy atom. The van der Waals surface area contributed by atoms with E-state index in [1.165, 1.54) is 12.0 Å². The summed E-state index contributed by atoms with van der Waals surface area (Å²) in [6, 6.07) is 4.52. The molecule has 1 amide bonds. The molecule has 1 aromatic carbocycles. The Labute approximate surface area is 118 Å². The van der Waals surface area contributed by atoms with Gasteiger partial charge in [-0.2, -0.15) is 0 Å². The first-order valence-corrected chi connectivity index (χ1v) is 6.49. The van der Waals surface area contributed by atoms with Crippen LogP contribution in [0.1, 0.15) is 38.1 Å². The number of fused-ring (bicyclic) bond motifs is 1. The fraction of sp³-hybridized carbons (Fsp3) is 0.467.